The van der Waals surface area contributed by atoms with Gasteiger partial charge < -0.3 is 18.9 Å². The summed E-state index contributed by atoms with van der Waals surface area (Å²) in [6.45, 7) is 0. The number of hydrogen-bond donors (Lipinski definition) is 0. The average molecular weight is 499 g/mol. The molecule has 34 heavy (non-hydrogen) atoms. The van der Waals surface area contributed by atoms with Gasteiger partial charge in [0.05, 0.1) is 38.2 Å². The first-order valence-electron chi connectivity index (χ1n) is 10.4. The lowest BCUT2D eigenvalue weighted by atomic mass is 10.1. The smallest absolute Gasteiger partial charge is 0.191 e. The van der Waals surface area contributed by atoms with Crippen LogP contribution in [0.4, 0.5) is 0 Å². The van der Waals surface area contributed by atoms with Crippen LogP contribution in [-0.4, -0.2) is 51.5 Å². The van der Waals surface area contributed by atoms with Gasteiger partial charge in [0.15, 0.2) is 34.6 Å². The van der Waals surface area contributed by atoms with Crippen LogP contribution < -0.4 is 18.9 Å². The molecule has 0 aliphatic carbocycles. The lowest BCUT2D eigenvalue weighted by Crippen LogP contribution is -2.10. The van der Waals surface area contributed by atoms with E-state index in [2.05, 4.69) is 0 Å². The summed E-state index contributed by atoms with van der Waals surface area (Å²) < 4.78 is 21.9. The van der Waals surface area contributed by atoms with Crippen LogP contribution >= 0.6 is 23.5 Å². The van der Waals surface area contributed by atoms with Gasteiger partial charge in [-0.05, 0) is 47.5 Å². The molecule has 0 bridgehead atoms. The Hall–Kier alpha value is -3.10. The van der Waals surface area contributed by atoms with Gasteiger partial charge in [-0.1, -0.05) is 24.3 Å². The van der Waals surface area contributed by atoms with Crippen molar-refractivity contribution in [2.24, 2.45) is 0 Å². The van der Waals surface area contributed by atoms with Crippen LogP contribution in [0.3, 0.4) is 0 Å². The highest BCUT2D eigenvalue weighted by molar-refractivity contribution is 8.25. The number of carbonyl (C=O) groups is 2. The van der Waals surface area contributed by atoms with Gasteiger partial charge in [0.25, 0.3) is 0 Å². The molecule has 0 radical (unpaired) electrons. The third-order valence-electron chi connectivity index (χ3n) is 4.92. The zero-order chi connectivity index (χ0) is 24.5. The highest BCUT2D eigenvalue weighted by Crippen LogP contribution is 2.39. The molecule has 1 aliphatic rings. The molecule has 1 aliphatic heterocycles. The molecule has 2 aromatic rings. The first-order chi connectivity index (χ1) is 16.5. The summed E-state index contributed by atoms with van der Waals surface area (Å²) in [6, 6.07) is 10.7. The zero-order valence-electron chi connectivity index (χ0n) is 19.5. The Balaban J connectivity index is 1.84. The quantitative estimate of drug-likeness (QED) is 0.249. The monoisotopic (exact) mass is 498 g/mol. The van der Waals surface area contributed by atoms with E-state index in [1.165, 1.54) is 35.7 Å². The Bertz CT molecular complexity index is 1060. The Morgan fingerprint density at radius 2 is 1.09 bits per heavy atom. The van der Waals surface area contributed by atoms with Gasteiger partial charge in [0, 0.05) is 11.5 Å². The van der Waals surface area contributed by atoms with Crippen molar-refractivity contribution in [1.29, 1.82) is 0 Å². The number of methoxy groups -OCH3 is 4. The van der Waals surface area contributed by atoms with Crippen LogP contribution in [0.15, 0.2) is 58.4 Å². The van der Waals surface area contributed by atoms with Crippen molar-refractivity contribution in [3.8, 4) is 23.0 Å². The summed E-state index contributed by atoms with van der Waals surface area (Å²) >= 11 is 3.07. The molecule has 3 rings (SSSR count). The number of benzene rings is 2. The predicted molar refractivity (Wildman–Crippen MR) is 139 cm³/mol. The van der Waals surface area contributed by atoms with Crippen molar-refractivity contribution in [3.05, 3.63) is 69.5 Å². The first-order valence-corrected chi connectivity index (χ1v) is 12.4. The molecule has 0 unspecified atom stereocenters. The highest BCUT2D eigenvalue weighted by atomic mass is 32.2. The lowest BCUT2D eigenvalue weighted by molar-refractivity contribution is -0.116. The van der Waals surface area contributed by atoms with Crippen LogP contribution in [0.2, 0.25) is 0 Å². The van der Waals surface area contributed by atoms with Crippen molar-refractivity contribution in [1.82, 2.24) is 0 Å². The Labute approximate surface area is 208 Å². The molecule has 0 atom stereocenters. The molecular formula is C26H26O6S2. The number of ketones is 2. The Morgan fingerprint density at radius 1 is 0.676 bits per heavy atom. The van der Waals surface area contributed by atoms with E-state index in [1.54, 1.807) is 64.9 Å². The average Bonchev–Trinajstić information content (AvgIpc) is 3.40. The van der Waals surface area contributed by atoms with Crippen molar-refractivity contribution < 1.29 is 28.5 Å². The molecule has 0 spiro atoms. The molecule has 8 heteroatoms. The van der Waals surface area contributed by atoms with Crippen molar-refractivity contribution in [2.75, 3.05) is 39.9 Å². The van der Waals surface area contributed by atoms with Crippen LogP contribution in [0.1, 0.15) is 11.1 Å². The second-order valence-corrected chi connectivity index (χ2v) is 9.45. The largest absolute Gasteiger partial charge is 0.493 e. The van der Waals surface area contributed by atoms with Crippen LogP contribution in [0.25, 0.3) is 12.2 Å². The number of hydrogen-bond acceptors (Lipinski definition) is 8. The minimum atomic E-state index is -0.339. The second kappa shape index (κ2) is 12.4. The highest BCUT2D eigenvalue weighted by Gasteiger charge is 2.23. The predicted octanol–water partition coefficient (Wildman–Crippen LogP) is 5.28. The molecule has 0 aromatic heterocycles. The Kier molecular flexibility index (Phi) is 9.30. The van der Waals surface area contributed by atoms with E-state index in [1.807, 2.05) is 12.1 Å². The fourth-order valence-corrected chi connectivity index (χ4v) is 5.76. The van der Waals surface area contributed by atoms with Gasteiger partial charge in [-0.25, -0.2) is 0 Å². The van der Waals surface area contributed by atoms with E-state index in [-0.39, 0.29) is 17.1 Å². The lowest BCUT2D eigenvalue weighted by Gasteiger charge is -2.08. The third kappa shape index (κ3) is 6.27. The molecule has 2 aromatic carbocycles. The fraction of sp³-hybridized carbons (Fsp3) is 0.231. The fourth-order valence-electron chi connectivity index (χ4n) is 3.20. The number of carbonyl (C=O) groups excluding carboxylic acids is 2. The number of thioether (sulfide) groups is 2. The minimum Gasteiger partial charge on any atom is -0.493 e. The van der Waals surface area contributed by atoms with E-state index >= 15 is 0 Å². The van der Waals surface area contributed by atoms with Crippen LogP contribution in [0, 0.1) is 0 Å². The zero-order valence-corrected chi connectivity index (χ0v) is 21.1. The van der Waals surface area contributed by atoms with Gasteiger partial charge in [0.1, 0.15) is 0 Å². The maximum Gasteiger partial charge on any atom is 0.191 e. The normalized spacial score (nSPS) is 13.4. The van der Waals surface area contributed by atoms with E-state index in [9.17, 15) is 9.59 Å². The van der Waals surface area contributed by atoms with Gasteiger partial charge in [-0.15, -0.1) is 23.5 Å². The summed E-state index contributed by atoms with van der Waals surface area (Å²) in [5.41, 5.74) is 1.70. The summed E-state index contributed by atoms with van der Waals surface area (Å²) in [7, 11) is 6.23. The second-order valence-electron chi connectivity index (χ2n) is 6.98. The van der Waals surface area contributed by atoms with Crippen molar-refractivity contribution >= 4 is 47.2 Å². The minimum absolute atomic E-state index is 0.181. The van der Waals surface area contributed by atoms with Crippen molar-refractivity contribution in [3.63, 3.8) is 0 Å². The topological polar surface area (TPSA) is 71.1 Å². The molecule has 0 saturated carbocycles. The standard InChI is InChI=1S/C26H26O6S2/c1-29-21-11-7-17(15-23(21)31-3)5-9-19(27)25(26-33-13-14-34-26)20(28)10-6-18-8-12-22(30-2)24(16-18)32-4/h5-12,15-16H,13-14H2,1-4H3/b9-5+,10-6+. The van der Waals surface area contributed by atoms with Gasteiger partial charge in [-0.2, -0.15) is 0 Å². The third-order valence-corrected chi connectivity index (χ3v) is 7.63. The molecule has 0 N–H and O–H groups in total. The summed E-state index contributed by atoms with van der Waals surface area (Å²) in [6.07, 6.45) is 6.18. The number of allylic oxidation sites excluding steroid dienone is 3. The van der Waals surface area contributed by atoms with E-state index in [0.29, 0.717) is 23.0 Å². The maximum atomic E-state index is 13.1. The molecular weight excluding hydrogens is 472 g/mol. The van der Waals surface area contributed by atoms with Gasteiger partial charge in [0.2, 0.25) is 0 Å². The molecule has 1 fully saturated rings. The number of rotatable bonds is 10. The molecule has 1 saturated heterocycles. The molecule has 0 amide bonds. The van der Waals surface area contributed by atoms with Crippen molar-refractivity contribution in [2.45, 2.75) is 0 Å². The SMILES string of the molecule is COc1ccc(/C=C/C(=O)C(C(=O)/C=C/c2ccc(OC)c(OC)c2)=C2SCCS2)cc1OC. The van der Waals surface area contributed by atoms with E-state index in [0.717, 1.165) is 26.9 Å². The maximum absolute atomic E-state index is 13.1. The van der Waals surface area contributed by atoms with Crippen LogP contribution in [-0.2, 0) is 9.59 Å². The summed E-state index contributed by atoms with van der Waals surface area (Å²) in [5, 5.41) is 0. The van der Waals surface area contributed by atoms with Crippen LogP contribution in [0.5, 0.6) is 23.0 Å². The summed E-state index contributed by atoms with van der Waals surface area (Å²) in [4.78, 5) is 26.2. The summed E-state index contributed by atoms with van der Waals surface area (Å²) in [5.74, 6) is 3.37. The molecule has 1 heterocycles. The first kappa shape index (κ1) is 25.5. The Morgan fingerprint density at radius 3 is 1.47 bits per heavy atom. The number of ether oxygens (including phenoxy) is 4. The van der Waals surface area contributed by atoms with Gasteiger partial charge in [-0.3, -0.25) is 9.59 Å². The van der Waals surface area contributed by atoms with E-state index in [4.69, 9.17) is 18.9 Å². The van der Waals surface area contributed by atoms with E-state index < -0.39 is 0 Å². The molecule has 178 valence electrons. The van der Waals surface area contributed by atoms with Gasteiger partial charge >= 0.3 is 0 Å². The molecule has 6 nitrogen and oxygen atoms in total.